The van der Waals surface area contributed by atoms with Gasteiger partial charge in [-0.25, -0.2) is 0 Å². The molecule has 0 radical (unpaired) electrons. The lowest BCUT2D eigenvalue weighted by Crippen LogP contribution is -2.27. The summed E-state index contributed by atoms with van der Waals surface area (Å²) in [6.07, 6.45) is 0. The van der Waals surface area contributed by atoms with Crippen molar-refractivity contribution in [3.05, 3.63) is 53.6 Å². The van der Waals surface area contributed by atoms with Crippen LogP contribution in [0.3, 0.4) is 0 Å². The monoisotopic (exact) mass is 272 g/mol. The van der Waals surface area contributed by atoms with E-state index in [2.05, 4.69) is 5.32 Å². The van der Waals surface area contributed by atoms with Crippen LogP contribution >= 0.6 is 0 Å². The van der Waals surface area contributed by atoms with E-state index in [0.29, 0.717) is 5.56 Å². The summed E-state index contributed by atoms with van der Waals surface area (Å²) < 4.78 is 0. The lowest BCUT2D eigenvalue weighted by molar-refractivity contribution is -0.118. The Morgan fingerprint density at radius 2 is 1.85 bits per heavy atom. The number of amides is 1. The Kier molecular flexibility index (Phi) is 3.79. The van der Waals surface area contributed by atoms with Crippen LogP contribution in [0.2, 0.25) is 0 Å². The van der Waals surface area contributed by atoms with Crippen molar-refractivity contribution in [2.24, 2.45) is 5.73 Å². The third-order valence-electron chi connectivity index (χ3n) is 3.06. The number of anilines is 1. The lowest BCUT2D eigenvalue weighted by atomic mass is 10.0. The van der Waals surface area contributed by atoms with Crippen LogP contribution in [0.1, 0.15) is 17.2 Å². The van der Waals surface area contributed by atoms with E-state index in [1.807, 2.05) is 31.2 Å². The van der Waals surface area contributed by atoms with Gasteiger partial charge in [0.1, 0.15) is 6.04 Å². The molecule has 0 aliphatic rings. The molecule has 1 atom stereocenters. The molecule has 104 valence electrons. The van der Waals surface area contributed by atoms with Gasteiger partial charge >= 0.3 is 0 Å². The summed E-state index contributed by atoms with van der Waals surface area (Å²) in [5.74, 6) is -1.11. The van der Waals surface area contributed by atoms with Gasteiger partial charge in [-0.3, -0.25) is 4.79 Å². The summed E-state index contributed by atoms with van der Waals surface area (Å²) in [7, 11) is 0. The largest absolute Gasteiger partial charge is 0.504 e. The van der Waals surface area contributed by atoms with Gasteiger partial charge in [-0.15, -0.1) is 0 Å². The Labute approximate surface area is 116 Å². The minimum absolute atomic E-state index is 0.243. The Balaban J connectivity index is 2.34. The van der Waals surface area contributed by atoms with Gasteiger partial charge in [-0.05, 0) is 36.2 Å². The van der Waals surface area contributed by atoms with Gasteiger partial charge in [0.15, 0.2) is 11.5 Å². The predicted octanol–water partition coefficient (Wildman–Crippen LogP) is 2.04. The second kappa shape index (κ2) is 5.52. The first-order valence-corrected chi connectivity index (χ1v) is 6.12. The molecular formula is C15H16N2O3. The molecule has 20 heavy (non-hydrogen) atoms. The zero-order chi connectivity index (χ0) is 14.7. The molecule has 5 nitrogen and oxygen atoms in total. The number of hydrogen-bond donors (Lipinski definition) is 4. The summed E-state index contributed by atoms with van der Waals surface area (Å²) in [5, 5.41) is 21.9. The smallest absolute Gasteiger partial charge is 0.244 e. The number of hydrogen-bond acceptors (Lipinski definition) is 4. The van der Waals surface area contributed by atoms with Crippen LogP contribution in [-0.2, 0) is 4.79 Å². The van der Waals surface area contributed by atoms with Crippen molar-refractivity contribution >= 4 is 11.6 Å². The second-order valence-corrected chi connectivity index (χ2v) is 4.54. The number of para-hydroxylation sites is 1. The van der Waals surface area contributed by atoms with Crippen LogP contribution in [0.5, 0.6) is 11.5 Å². The van der Waals surface area contributed by atoms with Crippen LogP contribution in [0, 0.1) is 6.92 Å². The zero-order valence-electron chi connectivity index (χ0n) is 11.0. The van der Waals surface area contributed by atoms with Gasteiger partial charge in [0.2, 0.25) is 5.91 Å². The van der Waals surface area contributed by atoms with E-state index in [0.717, 1.165) is 11.3 Å². The molecule has 0 fully saturated rings. The maximum atomic E-state index is 11.6. The summed E-state index contributed by atoms with van der Waals surface area (Å²) >= 11 is 0. The second-order valence-electron chi connectivity index (χ2n) is 4.54. The number of nitrogens with two attached hydrogens (primary N) is 1. The Hall–Kier alpha value is -2.69. The first kappa shape index (κ1) is 13.7. The normalized spacial score (nSPS) is 11.8. The van der Waals surface area contributed by atoms with E-state index < -0.39 is 11.9 Å². The van der Waals surface area contributed by atoms with Crippen molar-refractivity contribution in [3.63, 3.8) is 0 Å². The molecule has 0 aliphatic carbocycles. The summed E-state index contributed by atoms with van der Waals surface area (Å²) in [4.78, 5) is 11.6. The number of benzene rings is 2. The molecule has 5 heteroatoms. The number of rotatable bonds is 4. The third-order valence-corrected chi connectivity index (χ3v) is 3.06. The maximum absolute atomic E-state index is 11.6. The predicted molar refractivity (Wildman–Crippen MR) is 76.5 cm³/mol. The van der Waals surface area contributed by atoms with Gasteiger partial charge in [0, 0.05) is 5.69 Å². The number of aryl methyl sites for hydroxylation is 1. The average molecular weight is 272 g/mol. The number of phenolic OH excluding ortho intramolecular Hbond substituents is 2. The molecule has 0 saturated carbocycles. The fourth-order valence-electron chi connectivity index (χ4n) is 1.93. The molecular weight excluding hydrogens is 256 g/mol. The van der Waals surface area contributed by atoms with Gasteiger partial charge in [0.05, 0.1) is 0 Å². The highest BCUT2D eigenvalue weighted by molar-refractivity contribution is 5.85. The van der Waals surface area contributed by atoms with Gasteiger partial charge in [-0.2, -0.15) is 0 Å². The molecule has 2 aromatic rings. The number of carbonyl (C=O) groups is 1. The number of nitrogens with one attached hydrogen (secondary N) is 1. The van der Waals surface area contributed by atoms with Crippen molar-refractivity contribution in [2.75, 3.05) is 5.32 Å². The quantitative estimate of drug-likeness (QED) is 0.640. The summed E-state index contributed by atoms with van der Waals surface area (Å²) in [6.45, 7) is 1.91. The molecule has 1 amide bonds. The summed E-state index contributed by atoms with van der Waals surface area (Å²) in [6, 6.07) is 10.9. The van der Waals surface area contributed by atoms with E-state index in [1.54, 1.807) is 0 Å². The van der Waals surface area contributed by atoms with Gasteiger partial charge in [-0.1, -0.05) is 24.3 Å². The summed E-state index contributed by atoms with van der Waals surface area (Å²) in [5.41, 5.74) is 7.65. The standard InChI is InChI=1S/C15H16N2O3/c1-9-4-2-3-5-11(9)17-14(15(16)20)10-6-7-12(18)13(19)8-10/h2-8,14,17-19H,1H3,(H2,16,20). The van der Waals surface area contributed by atoms with E-state index in [1.165, 1.54) is 18.2 Å². The van der Waals surface area contributed by atoms with Crippen LogP contribution in [0.25, 0.3) is 0 Å². The Morgan fingerprint density at radius 3 is 2.45 bits per heavy atom. The SMILES string of the molecule is Cc1ccccc1NC(C(N)=O)c1ccc(O)c(O)c1. The number of aromatic hydroxyl groups is 2. The molecule has 0 saturated heterocycles. The van der Waals surface area contributed by atoms with Crippen LogP contribution in [-0.4, -0.2) is 16.1 Å². The molecule has 5 N–H and O–H groups in total. The minimum atomic E-state index is -0.789. The van der Waals surface area contributed by atoms with Crippen molar-refractivity contribution < 1.29 is 15.0 Å². The fraction of sp³-hybridized carbons (Fsp3) is 0.133. The third kappa shape index (κ3) is 2.83. The van der Waals surface area contributed by atoms with Crippen LogP contribution in [0.4, 0.5) is 5.69 Å². The molecule has 2 rings (SSSR count). The first-order valence-electron chi connectivity index (χ1n) is 6.12. The van der Waals surface area contributed by atoms with Crippen molar-refractivity contribution in [1.29, 1.82) is 0 Å². The van der Waals surface area contributed by atoms with E-state index in [-0.39, 0.29) is 11.5 Å². The highest BCUT2D eigenvalue weighted by atomic mass is 16.3. The van der Waals surface area contributed by atoms with Crippen molar-refractivity contribution in [3.8, 4) is 11.5 Å². The highest BCUT2D eigenvalue weighted by Gasteiger charge is 2.19. The van der Waals surface area contributed by atoms with E-state index >= 15 is 0 Å². The van der Waals surface area contributed by atoms with Gasteiger partial charge in [0.25, 0.3) is 0 Å². The van der Waals surface area contributed by atoms with Crippen LogP contribution < -0.4 is 11.1 Å². The zero-order valence-corrected chi connectivity index (χ0v) is 11.0. The Bertz CT molecular complexity index is 641. The average Bonchev–Trinajstić information content (AvgIpc) is 2.41. The number of primary amides is 1. The molecule has 0 bridgehead atoms. The van der Waals surface area contributed by atoms with E-state index in [4.69, 9.17) is 5.73 Å². The molecule has 0 spiro atoms. The minimum Gasteiger partial charge on any atom is -0.504 e. The topological polar surface area (TPSA) is 95.6 Å². The molecule has 0 aromatic heterocycles. The molecule has 2 aromatic carbocycles. The van der Waals surface area contributed by atoms with Gasteiger partial charge < -0.3 is 21.3 Å². The van der Waals surface area contributed by atoms with Crippen LogP contribution in [0.15, 0.2) is 42.5 Å². The maximum Gasteiger partial charge on any atom is 0.244 e. The fourth-order valence-corrected chi connectivity index (χ4v) is 1.93. The Morgan fingerprint density at radius 1 is 1.15 bits per heavy atom. The lowest BCUT2D eigenvalue weighted by Gasteiger charge is -2.19. The number of carbonyl (C=O) groups excluding carboxylic acids is 1. The van der Waals surface area contributed by atoms with Crippen molar-refractivity contribution in [2.45, 2.75) is 13.0 Å². The van der Waals surface area contributed by atoms with Crippen molar-refractivity contribution in [1.82, 2.24) is 0 Å². The molecule has 1 unspecified atom stereocenters. The number of phenols is 2. The first-order chi connectivity index (χ1) is 9.49. The highest BCUT2D eigenvalue weighted by Crippen LogP contribution is 2.29. The van der Waals surface area contributed by atoms with E-state index in [9.17, 15) is 15.0 Å². The molecule has 0 aliphatic heterocycles. The molecule has 0 heterocycles.